The first-order valence-corrected chi connectivity index (χ1v) is 14.5. The van der Waals surface area contributed by atoms with Gasteiger partial charge in [0.05, 0.1) is 0 Å². The van der Waals surface area contributed by atoms with Crippen LogP contribution in [0.2, 0.25) is 0 Å². The van der Waals surface area contributed by atoms with Crippen LogP contribution in [0.5, 0.6) is 0 Å². The number of fused-ring (bicyclic) bond motifs is 2. The van der Waals surface area contributed by atoms with Crippen molar-refractivity contribution in [3.05, 3.63) is 35.1 Å². The molecule has 0 nitrogen and oxygen atoms in total. The minimum absolute atomic E-state index is 0.0514. The molecule has 0 N–H and O–H groups in total. The Labute approximate surface area is 197 Å². The predicted octanol–water partition coefficient (Wildman–Crippen LogP) is 9.15. The second kappa shape index (κ2) is 10.6. The van der Waals surface area contributed by atoms with Crippen molar-refractivity contribution in [1.82, 2.24) is 0 Å². The van der Waals surface area contributed by atoms with Crippen molar-refractivity contribution in [1.29, 1.82) is 0 Å². The van der Waals surface area contributed by atoms with Gasteiger partial charge in [-0.25, -0.2) is 4.39 Å². The van der Waals surface area contributed by atoms with Crippen molar-refractivity contribution < 1.29 is 4.39 Å². The van der Waals surface area contributed by atoms with Crippen molar-refractivity contribution in [3.63, 3.8) is 0 Å². The quantitative estimate of drug-likeness (QED) is 0.388. The smallest absolute Gasteiger partial charge is 0.123 e. The van der Waals surface area contributed by atoms with Crippen LogP contribution in [0.15, 0.2) is 18.2 Å². The number of aryl methyl sites for hydroxylation is 1. The van der Waals surface area contributed by atoms with E-state index in [1.807, 2.05) is 0 Å². The van der Waals surface area contributed by atoms with E-state index in [0.29, 0.717) is 0 Å². The largest absolute Gasteiger partial charge is 0.207 e. The Balaban J connectivity index is 1.09. The number of unbranched alkanes of at least 4 members (excludes halogenated alkanes) is 2. The first kappa shape index (κ1) is 22.9. The molecule has 0 radical (unpaired) electrons. The maximum absolute atomic E-state index is 13.6. The normalized spacial score (nSPS) is 37.5. The van der Waals surface area contributed by atoms with Crippen molar-refractivity contribution >= 4 is 0 Å². The summed E-state index contributed by atoms with van der Waals surface area (Å²) in [6.45, 7) is 2.33. The highest BCUT2D eigenvalue weighted by atomic mass is 19.1. The molecule has 0 spiro atoms. The Bertz CT molecular complexity index is 730. The van der Waals surface area contributed by atoms with Gasteiger partial charge in [0.2, 0.25) is 0 Å². The summed E-state index contributed by atoms with van der Waals surface area (Å²) in [5.74, 6) is 6.97. The minimum Gasteiger partial charge on any atom is -0.207 e. The van der Waals surface area contributed by atoms with Crippen LogP contribution >= 0.6 is 0 Å². The lowest BCUT2D eigenvalue weighted by molar-refractivity contribution is 0.0439. The molecular formula is C31H47F. The van der Waals surface area contributed by atoms with Crippen LogP contribution in [0, 0.1) is 47.2 Å². The average molecular weight is 439 g/mol. The first-order chi connectivity index (χ1) is 15.7. The molecule has 1 aromatic rings. The van der Waals surface area contributed by atoms with Gasteiger partial charge in [-0.1, -0.05) is 51.5 Å². The Morgan fingerprint density at radius 2 is 1.31 bits per heavy atom. The third kappa shape index (κ3) is 5.28. The van der Waals surface area contributed by atoms with Crippen LogP contribution in [0.1, 0.15) is 114 Å². The zero-order valence-electron chi connectivity index (χ0n) is 20.7. The van der Waals surface area contributed by atoms with E-state index in [-0.39, 0.29) is 5.82 Å². The molecule has 0 bridgehead atoms. The Morgan fingerprint density at radius 3 is 2.00 bits per heavy atom. The second-order valence-corrected chi connectivity index (χ2v) is 12.4. The number of rotatable bonds is 6. The third-order valence-electron chi connectivity index (χ3n) is 10.6. The fourth-order valence-corrected chi connectivity index (χ4v) is 8.60. The van der Waals surface area contributed by atoms with Gasteiger partial charge in [0.15, 0.2) is 0 Å². The summed E-state index contributed by atoms with van der Waals surface area (Å²) in [5, 5.41) is 0. The van der Waals surface area contributed by atoms with Crippen molar-refractivity contribution in [3.8, 4) is 0 Å². The maximum Gasteiger partial charge on any atom is 0.123 e. The molecule has 4 aliphatic carbocycles. The molecule has 178 valence electrons. The van der Waals surface area contributed by atoms with E-state index >= 15 is 0 Å². The van der Waals surface area contributed by atoms with Gasteiger partial charge in [0.25, 0.3) is 0 Å². The van der Waals surface area contributed by atoms with Crippen molar-refractivity contribution in [2.75, 3.05) is 0 Å². The first-order valence-electron chi connectivity index (χ1n) is 14.5. The van der Waals surface area contributed by atoms with Gasteiger partial charge in [-0.05, 0) is 135 Å². The number of hydrogen-bond acceptors (Lipinski definition) is 0. The molecular weight excluding hydrogens is 391 g/mol. The van der Waals surface area contributed by atoms with Crippen LogP contribution in [-0.4, -0.2) is 0 Å². The Hall–Kier alpha value is -0.850. The van der Waals surface area contributed by atoms with Crippen LogP contribution in [0.3, 0.4) is 0 Å². The van der Waals surface area contributed by atoms with Gasteiger partial charge in [0, 0.05) is 0 Å². The van der Waals surface area contributed by atoms with Gasteiger partial charge >= 0.3 is 0 Å². The molecule has 5 rings (SSSR count). The molecule has 0 saturated heterocycles. The molecule has 32 heavy (non-hydrogen) atoms. The monoisotopic (exact) mass is 438 g/mol. The fraction of sp³-hybridized carbons (Fsp3) is 0.806. The van der Waals surface area contributed by atoms with Gasteiger partial charge in [-0.3, -0.25) is 0 Å². The van der Waals surface area contributed by atoms with Gasteiger partial charge in [-0.2, -0.15) is 0 Å². The SMILES string of the molecule is CCCCCC1CCC(C2CCC3CC(C4CCc5cc(F)ccc5C4)CCC3C2)CC1. The Morgan fingerprint density at radius 1 is 0.688 bits per heavy atom. The number of benzene rings is 1. The molecule has 1 heteroatoms. The molecule has 4 aliphatic rings. The summed E-state index contributed by atoms with van der Waals surface area (Å²) in [6.07, 6.45) is 24.7. The summed E-state index contributed by atoms with van der Waals surface area (Å²) in [6, 6.07) is 5.55. The summed E-state index contributed by atoms with van der Waals surface area (Å²) in [7, 11) is 0. The second-order valence-electron chi connectivity index (χ2n) is 12.4. The van der Waals surface area contributed by atoms with E-state index in [1.165, 1.54) is 94.6 Å². The highest BCUT2D eigenvalue weighted by Gasteiger charge is 2.40. The van der Waals surface area contributed by atoms with Gasteiger partial charge in [-0.15, -0.1) is 0 Å². The summed E-state index contributed by atoms with van der Waals surface area (Å²) in [4.78, 5) is 0. The van der Waals surface area contributed by atoms with Crippen molar-refractivity contribution in [2.24, 2.45) is 41.4 Å². The summed E-state index contributed by atoms with van der Waals surface area (Å²) >= 11 is 0. The highest BCUT2D eigenvalue weighted by molar-refractivity contribution is 5.30. The topological polar surface area (TPSA) is 0 Å². The lowest BCUT2D eigenvalue weighted by atomic mass is 9.58. The summed E-state index contributed by atoms with van der Waals surface area (Å²) < 4.78 is 13.6. The summed E-state index contributed by atoms with van der Waals surface area (Å²) in [5.41, 5.74) is 2.73. The number of halogens is 1. The molecule has 3 fully saturated rings. The highest BCUT2D eigenvalue weighted by Crippen LogP contribution is 2.51. The molecule has 5 unspecified atom stereocenters. The van der Waals surface area contributed by atoms with E-state index < -0.39 is 0 Å². The van der Waals surface area contributed by atoms with Crippen LogP contribution in [-0.2, 0) is 12.8 Å². The molecule has 3 saturated carbocycles. The van der Waals surface area contributed by atoms with Crippen molar-refractivity contribution in [2.45, 2.75) is 116 Å². The zero-order valence-corrected chi connectivity index (χ0v) is 20.7. The van der Waals surface area contributed by atoms with E-state index in [0.717, 1.165) is 47.8 Å². The van der Waals surface area contributed by atoms with E-state index in [9.17, 15) is 4.39 Å². The van der Waals surface area contributed by atoms with E-state index in [4.69, 9.17) is 0 Å². The predicted molar refractivity (Wildman–Crippen MR) is 133 cm³/mol. The molecule has 0 amide bonds. The van der Waals surface area contributed by atoms with Gasteiger partial charge < -0.3 is 0 Å². The number of hydrogen-bond donors (Lipinski definition) is 0. The molecule has 0 aliphatic heterocycles. The lowest BCUT2D eigenvalue weighted by Crippen LogP contribution is -2.37. The lowest BCUT2D eigenvalue weighted by Gasteiger charge is -2.47. The van der Waals surface area contributed by atoms with Gasteiger partial charge in [0.1, 0.15) is 5.82 Å². The maximum atomic E-state index is 13.6. The Kier molecular flexibility index (Phi) is 7.60. The van der Waals surface area contributed by atoms with E-state index in [2.05, 4.69) is 13.0 Å². The average Bonchev–Trinajstić information content (AvgIpc) is 2.83. The molecule has 0 aromatic heterocycles. The third-order valence-corrected chi connectivity index (χ3v) is 10.6. The molecule has 0 heterocycles. The fourth-order valence-electron chi connectivity index (χ4n) is 8.60. The van der Waals surface area contributed by atoms with Crippen LogP contribution in [0.4, 0.5) is 4.39 Å². The molecule has 5 atom stereocenters. The molecule has 1 aromatic carbocycles. The van der Waals surface area contributed by atoms with Crippen LogP contribution < -0.4 is 0 Å². The van der Waals surface area contributed by atoms with Crippen LogP contribution in [0.25, 0.3) is 0 Å². The zero-order chi connectivity index (χ0) is 21.9. The van der Waals surface area contributed by atoms with E-state index in [1.54, 1.807) is 31.4 Å². The minimum atomic E-state index is -0.0514. The standard InChI is InChI=1S/C31H47F/c1-2-3-4-5-22-6-8-23(9-7-22)24-10-11-26-19-27(13-12-25(26)18-24)28-14-15-30-21-31(32)17-16-29(30)20-28/h16-17,21-28H,2-15,18-20H2,1H3.